The second-order valence-corrected chi connectivity index (χ2v) is 3.90. The van der Waals surface area contributed by atoms with Crippen LogP contribution in [0.15, 0.2) is 24.7 Å². The van der Waals surface area contributed by atoms with Crippen LogP contribution in [-0.4, -0.2) is 22.1 Å². The molecule has 1 N–H and O–H groups in total. The first-order chi connectivity index (χ1) is 9.24. The predicted molar refractivity (Wildman–Crippen MR) is 69.5 cm³/mol. The van der Waals surface area contributed by atoms with E-state index in [1.807, 2.05) is 13.0 Å². The Bertz CT molecular complexity index is 545. The zero-order chi connectivity index (χ0) is 13.7. The van der Waals surface area contributed by atoms with Gasteiger partial charge in [0.05, 0.1) is 12.8 Å². The fourth-order valence-corrected chi connectivity index (χ4v) is 1.60. The summed E-state index contributed by atoms with van der Waals surface area (Å²) in [5.74, 6) is 0.361. The number of methoxy groups -OCH3 is 1. The number of halogens is 1. The van der Waals surface area contributed by atoms with Crippen molar-refractivity contribution in [2.24, 2.45) is 0 Å². The van der Waals surface area contributed by atoms with Gasteiger partial charge in [-0.3, -0.25) is 0 Å². The molecule has 100 valence electrons. The molecule has 19 heavy (non-hydrogen) atoms. The molecule has 2 rings (SSSR count). The number of ether oxygens (including phenoxy) is 1. The maximum absolute atomic E-state index is 13.9. The number of nitrogens with zero attached hydrogens (tertiary/aromatic N) is 3. The van der Waals surface area contributed by atoms with Crippen molar-refractivity contribution in [1.29, 1.82) is 0 Å². The maximum Gasteiger partial charge on any atom is 0.212 e. The summed E-state index contributed by atoms with van der Waals surface area (Å²) in [6.07, 6.45) is 3.56. The molecule has 0 spiro atoms. The van der Waals surface area contributed by atoms with Crippen molar-refractivity contribution >= 4 is 5.82 Å². The van der Waals surface area contributed by atoms with Gasteiger partial charge in [-0.1, -0.05) is 13.0 Å². The normalized spacial score (nSPS) is 10.3. The largest absolute Gasteiger partial charge is 0.481 e. The van der Waals surface area contributed by atoms with Crippen LogP contribution in [0.4, 0.5) is 10.2 Å². The monoisotopic (exact) mass is 262 g/mol. The molecule has 6 heteroatoms. The standard InChI is InChI=1S/C13H15FN4O/c1-3-10-12(14)13(18-8-17-10)16-7-9-4-5-11(19-2)15-6-9/h4-6,8H,3,7H2,1-2H3,(H,16,17,18). The molecule has 2 aromatic rings. The molecule has 0 saturated heterocycles. The summed E-state index contributed by atoms with van der Waals surface area (Å²) in [7, 11) is 1.56. The Morgan fingerprint density at radius 1 is 1.26 bits per heavy atom. The molecular formula is C13H15FN4O. The van der Waals surface area contributed by atoms with Gasteiger partial charge in [-0.15, -0.1) is 0 Å². The molecule has 5 nitrogen and oxygen atoms in total. The van der Waals surface area contributed by atoms with Crippen LogP contribution in [-0.2, 0) is 13.0 Å². The SMILES string of the molecule is CCc1ncnc(NCc2ccc(OC)nc2)c1F. The van der Waals surface area contributed by atoms with Crippen LogP contribution in [0.2, 0.25) is 0 Å². The molecule has 0 saturated carbocycles. The fourth-order valence-electron chi connectivity index (χ4n) is 1.60. The van der Waals surface area contributed by atoms with Crippen molar-refractivity contribution < 1.29 is 9.13 Å². The van der Waals surface area contributed by atoms with Gasteiger partial charge >= 0.3 is 0 Å². The van der Waals surface area contributed by atoms with Gasteiger partial charge in [0.1, 0.15) is 6.33 Å². The Hall–Kier alpha value is -2.24. The Kier molecular flexibility index (Phi) is 4.22. The van der Waals surface area contributed by atoms with Crippen molar-refractivity contribution in [3.05, 3.63) is 41.7 Å². The summed E-state index contributed by atoms with van der Waals surface area (Å²) >= 11 is 0. The van der Waals surface area contributed by atoms with Crippen molar-refractivity contribution in [2.75, 3.05) is 12.4 Å². The molecule has 2 aromatic heterocycles. The van der Waals surface area contributed by atoms with Crippen molar-refractivity contribution in [3.8, 4) is 5.88 Å². The Balaban J connectivity index is 2.05. The molecule has 0 aliphatic heterocycles. The maximum atomic E-state index is 13.9. The highest BCUT2D eigenvalue weighted by molar-refractivity contribution is 5.38. The van der Waals surface area contributed by atoms with E-state index in [1.54, 1.807) is 19.4 Å². The first-order valence-electron chi connectivity index (χ1n) is 5.96. The number of rotatable bonds is 5. The lowest BCUT2D eigenvalue weighted by molar-refractivity contribution is 0.397. The van der Waals surface area contributed by atoms with Crippen LogP contribution in [0.25, 0.3) is 0 Å². The van der Waals surface area contributed by atoms with Gasteiger partial charge in [-0.05, 0) is 12.0 Å². The van der Waals surface area contributed by atoms with Crippen LogP contribution in [0.3, 0.4) is 0 Å². The van der Waals surface area contributed by atoms with Crippen molar-refractivity contribution in [3.63, 3.8) is 0 Å². The number of aromatic nitrogens is 3. The van der Waals surface area contributed by atoms with E-state index in [4.69, 9.17) is 4.74 Å². The van der Waals surface area contributed by atoms with Crippen molar-refractivity contribution in [1.82, 2.24) is 15.0 Å². The van der Waals surface area contributed by atoms with E-state index in [-0.39, 0.29) is 5.82 Å². The van der Waals surface area contributed by atoms with E-state index < -0.39 is 5.82 Å². The third-order valence-corrected chi connectivity index (χ3v) is 2.66. The van der Waals surface area contributed by atoms with E-state index in [9.17, 15) is 4.39 Å². The average Bonchev–Trinajstić information content (AvgIpc) is 2.47. The molecular weight excluding hydrogens is 247 g/mol. The molecule has 0 radical (unpaired) electrons. The van der Waals surface area contributed by atoms with E-state index in [0.29, 0.717) is 24.5 Å². The highest BCUT2D eigenvalue weighted by Crippen LogP contribution is 2.14. The fraction of sp³-hybridized carbons (Fsp3) is 0.308. The van der Waals surface area contributed by atoms with Gasteiger partial charge < -0.3 is 10.1 Å². The van der Waals surface area contributed by atoms with E-state index in [2.05, 4.69) is 20.3 Å². The number of hydrogen-bond acceptors (Lipinski definition) is 5. The molecule has 0 atom stereocenters. The minimum absolute atomic E-state index is 0.211. The predicted octanol–water partition coefficient (Wildman–Crippen LogP) is 2.19. The number of anilines is 1. The molecule has 0 bridgehead atoms. The van der Waals surface area contributed by atoms with Crippen molar-refractivity contribution in [2.45, 2.75) is 19.9 Å². The molecule has 0 aromatic carbocycles. The van der Waals surface area contributed by atoms with Crippen LogP contribution in [0, 0.1) is 5.82 Å². The number of nitrogens with one attached hydrogen (secondary N) is 1. The zero-order valence-electron chi connectivity index (χ0n) is 10.9. The molecule has 2 heterocycles. The Morgan fingerprint density at radius 2 is 2.11 bits per heavy atom. The first kappa shape index (κ1) is 13.2. The molecule has 0 aliphatic carbocycles. The van der Waals surface area contributed by atoms with E-state index >= 15 is 0 Å². The lowest BCUT2D eigenvalue weighted by Crippen LogP contribution is -2.07. The van der Waals surface area contributed by atoms with Gasteiger partial charge in [0.25, 0.3) is 0 Å². The summed E-state index contributed by atoms with van der Waals surface area (Å²) in [6.45, 7) is 2.29. The highest BCUT2D eigenvalue weighted by Gasteiger charge is 2.09. The lowest BCUT2D eigenvalue weighted by atomic mass is 10.2. The lowest BCUT2D eigenvalue weighted by Gasteiger charge is -2.08. The van der Waals surface area contributed by atoms with Crippen LogP contribution in [0.5, 0.6) is 5.88 Å². The third kappa shape index (κ3) is 3.15. The van der Waals surface area contributed by atoms with E-state index in [0.717, 1.165) is 5.56 Å². The number of aryl methyl sites for hydroxylation is 1. The minimum atomic E-state index is -0.397. The Labute approximate surface area is 110 Å². The van der Waals surface area contributed by atoms with Gasteiger partial charge in [0.2, 0.25) is 5.88 Å². The topological polar surface area (TPSA) is 59.9 Å². The molecule has 0 aliphatic rings. The van der Waals surface area contributed by atoms with Crippen LogP contribution < -0.4 is 10.1 Å². The smallest absolute Gasteiger partial charge is 0.212 e. The molecule has 0 unspecified atom stereocenters. The molecule has 0 amide bonds. The third-order valence-electron chi connectivity index (χ3n) is 2.66. The summed E-state index contributed by atoms with van der Waals surface area (Å²) in [5.41, 5.74) is 1.32. The first-order valence-corrected chi connectivity index (χ1v) is 5.96. The van der Waals surface area contributed by atoms with Crippen LogP contribution >= 0.6 is 0 Å². The number of pyridine rings is 1. The second kappa shape index (κ2) is 6.08. The average molecular weight is 262 g/mol. The second-order valence-electron chi connectivity index (χ2n) is 3.90. The quantitative estimate of drug-likeness (QED) is 0.895. The zero-order valence-corrected chi connectivity index (χ0v) is 10.9. The summed E-state index contributed by atoms with van der Waals surface area (Å²) in [6, 6.07) is 3.61. The van der Waals surface area contributed by atoms with Gasteiger partial charge in [-0.2, -0.15) is 0 Å². The van der Waals surface area contributed by atoms with Gasteiger partial charge in [0.15, 0.2) is 11.6 Å². The Morgan fingerprint density at radius 3 is 2.74 bits per heavy atom. The molecule has 0 fully saturated rings. The highest BCUT2D eigenvalue weighted by atomic mass is 19.1. The van der Waals surface area contributed by atoms with Gasteiger partial charge in [-0.25, -0.2) is 19.3 Å². The summed E-state index contributed by atoms with van der Waals surface area (Å²) in [5, 5.41) is 2.93. The van der Waals surface area contributed by atoms with E-state index in [1.165, 1.54) is 6.33 Å². The number of hydrogen-bond donors (Lipinski definition) is 1. The minimum Gasteiger partial charge on any atom is -0.481 e. The summed E-state index contributed by atoms with van der Waals surface area (Å²) in [4.78, 5) is 11.9. The van der Waals surface area contributed by atoms with Gasteiger partial charge in [0, 0.05) is 18.8 Å². The van der Waals surface area contributed by atoms with Crippen LogP contribution in [0.1, 0.15) is 18.2 Å². The summed E-state index contributed by atoms with van der Waals surface area (Å²) < 4.78 is 18.8.